The Balaban J connectivity index is 1.36. The number of carbonyl (C=O) groups is 2. The molecule has 212 valence electrons. The first-order valence-corrected chi connectivity index (χ1v) is 13.3. The zero-order valence-corrected chi connectivity index (χ0v) is 23.2. The van der Waals surface area contributed by atoms with Crippen molar-refractivity contribution in [2.75, 3.05) is 26.1 Å². The summed E-state index contributed by atoms with van der Waals surface area (Å²) < 4.78 is 22.3. The molecule has 2 amide bonds. The summed E-state index contributed by atoms with van der Waals surface area (Å²) in [6, 6.07) is 30.7. The molecule has 41 heavy (non-hydrogen) atoms. The summed E-state index contributed by atoms with van der Waals surface area (Å²) in [6.45, 7) is 0.329. The zero-order chi connectivity index (χ0) is 28.9. The molecule has 0 aliphatic carbocycles. The van der Waals surface area contributed by atoms with Crippen LogP contribution in [0.2, 0.25) is 0 Å². The van der Waals surface area contributed by atoms with E-state index in [0.717, 1.165) is 16.9 Å². The van der Waals surface area contributed by atoms with Crippen molar-refractivity contribution in [1.82, 2.24) is 5.32 Å². The van der Waals surface area contributed by atoms with Crippen molar-refractivity contribution in [2.24, 2.45) is 0 Å². The molecule has 4 aromatic rings. The Bertz CT molecular complexity index is 1390. The van der Waals surface area contributed by atoms with Crippen LogP contribution >= 0.6 is 0 Å². The van der Waals surface area contributed by atoms with Crippen LogP contribution in [0, 0.1) is 0 Å². The van der Waals surface area contributed by atoms with E-state index in [2.05, 4.69) is 10.6 Å². The number of hydrogen-bond acceptors (Lipinski definition) is 6. The molecule has 1 unspecified atom stereocenters. The van der Waals surface area contributed by atoms with Gasteiger partial charge in [-0.1, -0.05) is 54.6 Å². The predicted molar refractivity (Wildman–Crippen MR) is 157 cm³/mol. The fraction of sp³-hybridized carbons (Fsp3) is 0.212. The number of ether oxygens (including phenoxy) is 4. The van der Waals surface area contributed by atoms with Crippen LogP contribution in [0.3, 0.4) is 0 Å². The lowest BCUT2D eigenvalue weighted by Gasteiger charge is -2.19. The molecule has 0 aliphatic rings. The molecule has 0 saturated carbocycles. The van der Waals surface area contributed by atoms with Crippen LogP contribution in [0.25, 0.3) is 0 Å². The summed E-state index contributed by atoms with van der Waals surface area (Å²) in [6.07, 6.45) is 0.651. The van der Waals surface area contributed by atoms with E-state index < -0.39 is 6.04 Å². The molecule has 0 aliphatic heterocycles. The quantitative estimate of drug-likeness (QED) is 0.206. The molecule has 0 heterocycles. The minimum Gasteiger partial charge on any atom is -0.493 e. The molecule has 0 aromatic heterocycles. The second-order valence-electron chi connectivity index (χ2n) is 9.24. The summed E-state index contributed by atoms with van der Waals surface area (Å²) in [7, 11) is 3.14. The number of para-hydroxylation sites is 1. The Hall–Kier alpha value is -4.82. The van der Waals surface area contributed by atoms with E-state index in [0.29, 0.717) is 36.0 Å². The molecule has 0 fully saturated rings. The molecule has 4 rings (SSSR count). The van der Waals surface area contributed by atoms with Crippen LogP contribution < -0.4 is 24.8 Å². The second-order valence-corrected chi connectivity index (χ2v) is 9.24. The molecule has 0 radical (unpaired) electrons. The smallest absolute Gasteiger partial charge is 0.249 e. The third kappa shape index (κ3) is 9.12. The van der Waals surface area contributed by atoms with E-state index >= 15 is 0 Å². The molecule has 0 saturated heterocycles. The number of benzene rings is 4. The first kappa shape index (κ1) is 29.2. The standard InChI is InChI=1S/C33H34N2O6/c1-38-30-19-13-24(21-31(30)39-2)14-20-32(36)35-29(23-40-22-25-9-5-3-6-10-25)33(37)34-26-15-17-28(18-16-26)41-27-11-7-4-8-12-27/h3-13,15-19,21,29H,14,20,22-23H2,1-2H3,(H,34,37)(H,35,36). The number of methoxy groups -OCH3 is 2. The van der Waals surface area contributed by atoms with Gasteiger partial charge in [-0.3, -0.25) is 9.59 Å². The lowest BCUT2D eigenvalue weighted by Crippen LogP contribution is -2.46. The van der Waals surface area contributed by atoms with Crippen LogP contribution in [0.5, 0.6) is 23.0 Å². The van der Waals surface area contributed by atoms with Crippen molar-refractivity contribution in [3.8, 4) is 23.0 Å². The fourth-order valence-electron chi connectivity index (χ4n) is 4.07. The monoisotopic (exact) mass is 554 g/mol. The van der Waals surface area contributed by atoms with Gasteiger partial charge < -0.3 is 29.6 Å². The number of rotatable bonds is 14. The van der Waals surface area contributed by atoms with Crippen molar-refractivity contribution >= 4 is 17.5 Å². The molecular formula is C33H34N2O6. The van der Waals surface area contributed by atoms with Gasteiger partial charge in [0.1, 0.15) is 17.5 Å². The average Bonchev–Trinajstić information content (AvgIpc) is 3.01. The van der Waals surface area contributed by atoms with Crippen LogP contribution in [-0.2, 0) is 27.4 Å². The van der Waals surface area contributed by atoms with Crippen LogP contribution in [0.15, 0.2) is 103 Å². The topological polar surface area (TPSA) is 95.1 Å². The lowest BCUT2D eigenvalue weighted by molar-refractivity contribution is -0.128. The number of carbonyl (C=O) groups excluding carboxylic acids is 2. The summed E-state index contributed by atoms with van der Waals surface area (Å²) in [4.78, 5) is 26.1. The van der Waals surface area contributed by atoms with Gasteiger partial charge >= 0.3 is 0 Å². The Morgan fingerprint density at radius 3 is 2.07 bits per heavy atom. The van der Waals surface area contributed by atoms with Gasteiger partial charge in [-0.15, -0.1) is 0 Å². The normalized spacial score (nSPS) is 11.3. The van der Waals surface area contributed by atoms with Gasteiger partial charge in [0.2, 0.25) is 11.8 Å². The van der Waals surface area contributed by atoms with Crippen molar-refractivity contribution in [3.05, 3.63) is 114 Å². The Kier molecular flexibility index (Phi) is 10.7. The average molecular weight is 555 g/mol. The van der Waals surface area contributed by atoms with Gasteiger partial charge in [0.15, 0.2) is 11.5 Å². The zero-order valence-electron chi connectivity index (χ0n) is 23.2. The predicted octanol–water partition coefficient (Wildman–Crippen LogP) is 5.77. The van der Waals surface area contributed by atoms with Crippen molar-refractivity contribution < 1.29 is 28.5 Å². The van der Waals surface area contributed by atoms with Gasteiger partial charge in [0, 0.05) is 12.1 Å². The molecule has 2 N–H and O–H groups in total. The van der Waals surface area contributed by atoms with Crippen molar-refractivity contribution in [2.45, 2.75) is 25.5 Å². The van der Waals surface area contributed by atoms with E-state index in [-0.39, 0.29) is 24.8 Å². The molecular weight excluding hydrogens is 520 g/mol. The molecule has 0 bridgehead atoms. The maximum atomic E-state index is 13.2. The van der Waals surface area contributed by atoms with Crippen LogP contribution in [-0.4, -0.2) is 38.7 Å². The SMILES string of the molecule is COc1ccc(CCC(=O)NC(COCc2ccccc2)C(=O)Nc2ccc(Oc3ccccc3)cc2)cc1OC. The van der Waals surface area contributed by atoms with E-state index in [4.69, 9.17) is 18.9 Å². The summed E-state index contributed by atoms with van der Waals surface area (Å²) in [5, 5.41) is 5.70. The van der Waals surface area contributed by atoms with Gasteiger partial charge in [-0.05, 0) is 66.1 Å². The molecule has 0 spiro atoms. The highest BCUT2D eigenvalue weighted by Gasteiger charge is 2.22. The maximum Gasteiger partial charge on any atom is 0.249 e. The fourth-order valence-corrected chi connectivity index (χ4v) is 4.07. The first-order valence-electron chi connectivity index (χ1n) is 13.3. The summed E-state index contributed by atoms with van der Waals surface area (Å²) >= 11 is 0. The largest absolute Gasteiger partial charge is 0.493 e. The first-order chi connectivity index (χ1) is 20.0. The highest BCUT2D eigenvalue weighted by atomic mass is 16.5. The van der Waals surface area contributed by atoms with Gasteiger partial charge in [-0.2, -0.15) is 0 Å². The van der Waals surface area contributed by atoms with E-state index in [1.165, 1.54) is 0 Å². The number of aryl methyl sites for hydroxylation is 1. The third-order valence-electron chi connectivity index (χ3n) is 6.24. The van der Waals surface area contributed by atoms with Crippen molar-refractivity contribution in [1.29, 1.82) is 0 Å². The molecule has 8 nitrogen and oxygen atoms in total. The van der Waals surface area contributed by atoms with E-state index in [1.807, 2.05) is 72.8 Å². The third-order valence-corrected chi connectivity index (χ3v) is 6.24. The maximum absolute atomic E-state index is 13.2. The van der Waals surface area contributed by atoms with Gasteiger partial charge in [0.05, 0.1) is 27.4 Å². The van der Waals surface area contributed by atoms with E-state index in [9.17, 15) is 9.59 Å². The van der Waals surface area contributed by atoms with Crippen LogP contribution in [0.1, 0.15) is 17.5 Å². The Labute approximate surface area is 240 Å². The Morgan fingerprint density at radius 1 is 0.732 bits per heavy atom. The van der Waals surface area contributed by atoms with Gasteiger partial charge in [0.25, 0.3) is 0 Å². The Morgan fingerprint density at radius 2 is 1.39 bits per heavy atom. The number of amides is 2. The van der Waals surface area contributed by atoms with E-state index in [1.54, 1.807) is 44.6 Å². The minimum atomic E-state index is -0.892. The number of anilines is 1. The minimum absolute atomic E-state index is 0.0119. The highest BCUT2D eigenvalue weighted by molar-refractivity contribution is 5.97. The summed E-state index contributed by atoms with van der Waals surface area (Å²) in [5.41, 5.74) is 2.46. The second kappa shape index (κ2) is 15.1. The van der Waals surface area contributed by atoms with Crippen LogP contribution in [0.4, 0.5) is 5.69 Å². The lowest BCUT2D eigenvalue weighted by atomic mass is 10.1. The van der Waals surface area contributed by atoms with Gasteiger partial charge in [-0.25, -0.2) is 0 Å². The number of nitrogens with one attached hydrogen (secondary N) is 2. The van der Waals surface area contributed by atoms with Crippen molar-refractivity contribution in [3.63, 3.8) is 0 Å². The molecule has 1 atom stereocenters. The highest BCUT2D eigenvalue weighted by Crippen LogP contribution is 2.28. The summed E-state index contributed by atoms with van der Waals surface area (Å²) in [5.74, 6) is 1.92. The number of hydrogen-bond donors (Lipinski definition) is 2. The molecule has 4 aromatic carbocycles. The molecule has 8 heteroatoms.